The molecule has 4 heteroatoms. The van der Waals surface area contributed by atoms with Crippen molar-refractivity contribution in [1.29, 1.82) is 0 Å². The van der Waals surface area contributed by atoms with E-state index in [1.54, 1.807) is 0 Å². The van der Waals surface area contributed by atoms with Gasteiger partial charge in [-0.25, -0.2) is 0 Å². The molecule has 5 aromatic rings. The summed E-state index contributed by atoms with van der Waals surface area (Å²) < 4.78 is 15.1. The monoisotopic (exact) mass is 770 g/mol. The molecule has 0 atom stereocenters. The lowest BCUT2D eigenvalue weighted by molar-refractivity contribution is 0.312. The largest absolute Gasteiger partial charge is 0.458 e. The molecule has 2 heterocycles. The van der Waals surface area contributed by atoms with Gasteiger partial charge in [0.1, 0.15) is 23.0 Å². The van der Waals surface area contributed by atoms with Gasteiger partial charge in [0, 0.05) is 40.1 Å². The Morgan fingerprint density at radius 3 is 1.16 bits per heavy atom. The smallest absolute Gasteiger partial charge is 0.260 e. The van der Waals surface area contributed by atoms with Crippen molar-refractivity contribution in [3.05, 3.63) is 118 Å². The van der Waals surface area contributed by atoms with Gasteiger partial charge in [-0.2, -0.15) is 0 Å². The molecule has 0 bridgehead atoms. The molecule has 0 aromatic heterocycles. The number of hydrogen-bond acceptors (Lipinski definition) is 3. The summed E-state index contributed by atoms with van der Waals surface area (Å²) in [6.45, 7) is 34.0. The first-order valence-electron chi connectivity index (χ1n) is 21.9. The molecule has 0 saturated carbocycles. The third-order valence-corrected chi connectivity index (χ3v) is 14.4. The first-order chi connectivity index (χ1) is 27.0. The van der Waals surface area contributed by atoms with Gasteiger partial charge in [-0.1, -0.05) is 145 Å². The second-order valence-corrected chi connectivity index (χ2v) is 22.7. The van der Waals surface area contributed by atoms with Gasteiger partial charge in [0.15, 0.2) is 0 Å². The zero-order chi connectivity index (χ0) is 41.5. The number of benzene rings is 5. The summed E-state index contributed by atoms with van der Waals surface area (Å²) >= 11 is 0. The minimum Gasteiger partial charge on any atom is -0.458 e. The number of rotatable bonds is 3. The Morgan fingerprint density at radius 1 is 0.466 bits per heavy atom. The van der Waals surface area contributed by atoms with Gasteiger partial charge < -0.3 is 14.4 Å². The van der Waals surface area contributed by atoms with E-state index in [9.17, 15) is 0 Å². The Morgan fingerprint density at radius 2 is 0.810 bits per heavy atom. The Hall–Kier alpha value is -4.44. The lowest BCUT2D eigenvalue weighted by Gasteiger charge is -2.49. The highest BCUT2D eigenvalue weighted by Crippen LogP contribution is 2.57. The van der Waals surface area contributed by atoms with Crippen LogP contribution in [0.3, 0.4) is 0 Å². The molecule has 0 fully saturated rings. The molecule has 3 nitrogen and oxygen atoms in total. The molecule has 0 radical (unpaired) electrons. The molecule has 5 aromatic carbocycles. The van der Waals surface area contributed by atoms with Crippen molar-refractivity contribution in [3.63, 3.8) is 0 Å². The van der Waals surface area contributed by atoms with E-state index in [1.165, 1.54) is 44.3 Å². The summed E-state index contributed by atoms with van der Waals surface area (Å²) in [6.07, 6.45) is 4.52. The maximum Gasteiger partial charge on any atom is 0.260 e. The van der Waals surface area contributed by atoms with Crippen molar-refractivity contribution >= 4 is 40.2 Å². The summed E-state index contributed by atoms with van der Waals surface area (Å²) in [5, 5.41) is 0. The number of nitrogens with zero attached hydrogens (tertiary/aromatic N) is 1. The Kier molecular flexibility index (Phi) is 8.44. The maximum absolute atomic E-state index is 7.57. The van der Waals surface area contributed by atoms with Crippen molar-refractivity contribution in [2.45, 2.75) is 155 Å². The van der Waals surface area contributed by atoms with Gasteiger partial charge in [0.05, 0.1) is 5.69 Å². The molecule has 2 aliphatic heterocycles. The predicted molar refractivity (Wildman–Crippen MR) is 247 cm³/mol. The van der Waals surface area contributed by atoms with E-state index in [4.69, 9.17) is 9.47 Å². The highest BCUT2D eigenvalue weighted by molar-refractivity contribution is 6.98. The third-order valence-electron chi connectivity index (χ3n) is 14.4. The second-order valence-electron chi connectivity index (χ2n) is 22.7. The fraction of sp³-hybridized carbons (Fsp3) is 0.444. The highest BCUT2D eigenvalue weighted by atomic mass is 16.5. The number of para-hydroxylation sites is 2. The summed E-state index contributed by atoms with van der Waals surface area (Å²) in [4.78, 5) is 2.35. The normalized spacial score (nSPS) is 19.0. The van der Waals surface area contributed by atoms with Crippen molar-refractivity contribution in [2.75, 3.05) is 4.90 Å². The molecule has 4 aliphatic rings. The van der Waals surface area contributed by atoms with Crippen LogP contribution in [0.1, 0.15) is 156 Å². The molecule has 2 aliphatic carbocycles. The first kappa shape index (κ1) is 39.0. The predicted octanol–water partition coefficient (Wildman–Crippen LogP) is 13.2. The highest BCUT2D eigenvalue weighted by Gasteiger charge is 2.52. The molecule has 58 heavy (non-hydrogen) atoms. The minimum absolute atomic E-state index is 0.0121. The van der Waals surface area contributed by atoms with E-state index in [0.717, 1.165) is 71.2 Å². The van der Waals surface area contributed by atoms with E-state index in [0.29, 0.717) is 0 Å². The van der Waals surface area contributed by atoms with Gasteiger partial charge >= 0.3 is 0 Å². The Labute approximate surface area is 349 Å². The van der Waals surface area contributed by atoms with E-state index >= 15 is 0 Å². The minimum atomic E-state index is -0.0688. The number of ether oxygens (including phenoxy) is 2. The third kappa shape index (κ3) is 5.89. The summed E-state index contributed by atoms with van der Waals surface area (Å²) in [5.41, 5.74) is 15.4. The van der Waals surface area contributed by atoms with Crippen LogP contribution in [-0.2, 0) is 32.5 Å². The lowest BCUT2D eigenvalue weighted by Crippen LogP contribution is -2.59. The van der Waals surface area contributed by atoms with Crippen LogP contribution in [-0.4, -0.2) is 6.71 Å². The number of anilines is 3. The van der Waals surface area contributed by atoms with Gasteiger partial charge in [0.2, 0.25) is 0 Å². The quantitative estimate of drug-likeness (QED) is 0.167. The first-order valence-corrected chi connectivity index (χ1v) is 21.9. The molecule has 300 valence electrons. The second kappa shape index (κ2) is 12.5. The summed E-state index contributed by atoms with van der Waals surface area (Å²) in [5.74, 6) is 3.92. The number of hydrogen-bond donors (Lipinski definition) is 0. The van der Waals surface area contributed by atoms with Crippen molar-refractivity contribution in [1.82, 2.24) is 0 Å². The number of fused-ring (bicyclic) bond motifs is 8. The van der Waals surface area contributed by atoms with Crippen LogP contribution in [0.5, 0.6) is 23.0 Å². The summed E-state index contributed by atoms with van der Waals surface area (Å²) in [6, 6.07) is 31.2. The molecular formula is C54H64BNO2. The molecule has 0 amide bonds. The maximum atomic E-state index is 7.57. The van der Waals surface area contributed by atoms with E-state index in [-0.39, 0.29) is 39.2 Å². The molecule has 0 spiro atoms. The van der Waals surface area contributed by atoms with Gasteiger partial charge in [-0.3, -0.25) is 0 Å². The standard InChI is InChI=1S/C54H64BNO2/c1-49(2,3)36-31-38-47(44-42(36)51(7,8)25-27-53(44,11)12)57-40-29-35(56(33-21-17-15-18-22-33)34-23-19-16-20-24-34)30-41-46(40)55(38)39-32-37(50(4,5)6)43-45(48(39)58-41)54(13,14)28-26-52(43,9)10/h15-24,29-32H,25-28H2,1-14H3. The SMILES string of the molecule is CC(C)(C)c1cc2c(c3c1C(C)(C)CCC3(C)C)Oc1cc(N(c3ccccc3)c3ccccc3)cc3c1B2c1cc(C(C)(C)C)c2c(c1O3)C(C)(C)CCC2(C)C. The Bertz CT molecular complexity index is 2310. The van der Waals surface area contributed by atoms with Crippen LogP contribution in [0.2, 0.25) is 0 Å². The van der Waals surface area contributed by atoms with Crippen LogP contribution >= 0.6 is 0 Å². The van der Waals surface area contributed by atoms with Crippen LogP contribution in [0.15, 0.2) is 84.9 Å². The van der Waals surface area contributed by atoms with E-state index < -0.39 is 0 Å². The van der Waals surface area contributed by atoms with Gasteiger partial charge in [0.25, 0.3) is 6.71 Å². The fourth-order valence-electron chi connectivity index (χ4n) is 11.1. The van der Waals surface area contributed by atoms with Gasteiger partial charge in [-0.05, 0) is 116 Å². The summed E-state index contributed by atoms with van der Waals surface area (Å²) in [7, 11) is 0. The van der Waals surface area contributed by atoms with Gasteiger partial charge in [-0.15, -0.1) is 0 Å². The van der Waals surface area contributed by atoms with Crippen molar-refractivity contribution in [3.8, 4) is 23.0 Å². The van der Waals surface area contributed by atoms with E-state index in [2.05, 4.69) is 187 Å². The van der Waals surface area contributed by atoms with Crippen molar-refractivity contribution < 1.29 is 9.47 Å². The van der Waals surface area contributed by atoms with E-state index in [1.807, 2.05) is 0 Å². The fourth-order valence-corrected chi connectivity index (χ4v) is 11.1. The molecular weight excluding hydrogens is 705 g/mol. The zero-order valence-electron chi connectivity index (χ0n) is 37.8. The molecule has 0 unspecified atom stereocenters. The van der Waals surface area contributed by atoms with Crippen LogP contribution < -0.4 is 30.8 Å². The average Bonchev–Trinajstić information content (AvgIpc) is 3.14. The van der Waals surface area contributed by atoms with Crippen LogP contribution in [0.25, 0.3) is 0 Å². The molecule has 9 rings (SSSR count). The van der Waals surface area contributed by atoms with Crippen LogP contribution in [0.4, 0.5) is 17.1 Å². The zero-order valence-corrected chi connectivity index (χ0v) is 37.8. The average molecular weight is 770 g/mol. The van der Waals surface area contributed by atoms with Crippen molar-refractivity contribution in [2.24, 2.45) is 0 Å². The van der Waals surface area contributed by atoms with Crippen LogP contribution in [0, 0.1) is 0 Å². The molecule has 0 saturated heterocycles. The lowest BCUT2D eigenvalue weighted by atomic mass is 9.33. The Balaban J connectivity index is 1.44. The topological polar surface area (TPSA) is 21.7 Å². The molecule has 0 N–H and O–H groups in total.